The van der Waals surface area contributed by atoms with Gasteiger partial charge < -0.3 is 4.74 Å². The maximum Gasteiger partial charge on any atom is 0.209 e. The molecule has 0 aliphatic carbocycles. The zero-order valence-electron chi connectivity index (χ0n) is 15.1. The average Bonchev–Trinajstić information content (AvgIpc) is 2.92. The molecule has 0 atom stereocenters. The Balaban J connectivity index is 1.85. The maximum atomic E-state index is 6.24. The van der Waals surface area contributed by atoms with Gasteiger partial charge in [-0.1, -0.05) is 36.4 Å². The molecule has 24 heavy (non-hydrogen) atoms. The fourth-order valence-electron chi connectivity index (χ4n) is 4.04. The van der Waals surface area contributed by atoms with Crippen molar-refractivity contribution >= 4 is 11.4 Å². The van der Waals surface area contributed by atoms with E-state index in [0.717, 1.165) is 11.5 Å². The van der Waals surface area contributed by atoms with Crippen molar-refractivity contribution in [2.24, 2.45) is 0 Å². The summed E-state index contributed by atoms with van der Waals surface area (Å²) >= 11 is 0. The van der Waals surface area contributed by atoms with Crippen LogP contribution in [0.5, 0.6) is 5.75 Å². The SMILES string of the molecule is C[N+]1=C(C=C2Oc3ccccc3C2(C)C)C(C)(C)c2ccccc21. The van der Waals surface area contributed by atoms with Crippen molar-refractivity contribution in [2.45, 2.75) is 38.5 Å². The van der Waals surface area contributed by atoms with Crippen LogP contribution >= 0.6 is 0 Å². The Labute approximate surface area is 144 Å². The van der Waals surface area contributed by atoms with Crippen molar-refractivity contribution in [1.29, 1.82) is 0 Å². The van der Waals surface area contributed by atoms with E-state index in [1.807, 2.05) is 6.07 Å². The Morgan fingerprint density at radius 3 is 2.12 bits per heavy atom. The lowest BCUT2D eigenvalue weighted by Gasteiger charge is -2.20. The topological polar surface area (TPSA) is 12.2 Å². The minimum Gasteiger partial charge on any atom is -0.460 e. The lowest BCUT2D eigenvalue weighted by Crippen LogP contribution is -2.29. The van der Waals surface area contributed by atoms with Gasteiger partial charge in [-0.3, -0.25) is 0 Å². The Hall–Kier alpha value is -2.35. The molecular weight excluding hydrogens is 294 g/mol. The molecular formula is C22H24NO+. The van der Waals surface area contributed by atoms with Gasteiger partial charge >= 0.3 is 0 Å². The summed E-state index contributed by atoms with van der Waals surface area (Å²) in [5.74, 6) is 2.00. The molecule has 122 valence electrons. The number of para-hydroxylation sites is 2. The van der Waals surface area contributed by atoms with Crippen LogP contribution in [0.25, 0.3) is 0 Å². The molecule has 0 amide bonds. The van der Waals surface area contributed by atoms with Crippen LogP contribution in [-0.4, -0.2) is 17.3 Å². The molecule has 0 N–H and O–H groups in total. The van der Waals surface area contributed by atoms with Crippen LogP contribution < -0.4 is 4.74 Å². The fraction of sp³-hybridized carbons (Fsp3) is 0.318. The Bertz CT molecular complexity index is 900. The van der Waals surface area contributed by atoms with E-state index < -0.39 is 0 Å². The quantitative estimate of drug-likeness (QED) is 0.678. The standard InChI is InChI=1S/C22H24NO/c1-21(2)15-10-6-8-12-17(15)23(5)19(21)14-20-22(3,4)16-11-7-9-13-18(16)24-20/h6-14H,1-5H3/q+1. The minimum atomic E-state index is -0.116. The number of allylic oxidation sites excluding steroid dienone is 2. The molecule has 2 aliphatic rings. The number of benzene rings is 2. The van der Waals surface area contributed by atoms with E-state index in [4.69, 9.17) is 4.74 Å². The smallest absolute Gasteiger partial charge is 0.209 e. The number of nitrogens with zero attached hydrogens (tertiary/aromatic N) is 1. The van der Waals surface area contributed by atoms with Gasteiger partial charge in [-0.15, -0.1) is 0 Å². The largest absolute Gasteiger partial charge is 0.460 e. The third kappa shape index (κ3) is 1.92. The van der Waals surface area contributed by atoms with Gasteiger partial charge in [0.15, 0.2) is 5.71 Å². The molecule has 0 spiro atoms. The highest BCUT2D eigenvalue weighted by molar-refractivity contribution is 6.03. The summed E-state index contributed by atoms with van der Waals surface area (Å²) in [5, 5.41) is 0. The molecule has 0 aromatic heterocycles. The maximum absolute atomic E-state index is 6.24. The third-order valence-electron chi connectivity index (χ3n) is 5.60. The average molecular weight is 318 g/mol. The molecule has 2 aromatic carbocycles. The highest BCUT2D eigenvalue weighted by Crippen LogP contribution is 2.46. The summed E-state index contributed by atoms with van der Waals surface area (Å²) in [6.45, 7) is 9.05. The van der Waals surface area contributed by atoms with Crippen LogP contribution in [0.4, 0.5) is 5.69 Å². The second-order valence-electron chi connectivity index (χ2n) is 7.82. The van der Waals surface area contributed by atoms with Crippen molar-refractivity contribution < 1.29 is 9.31 Å². The molecule has 0 fully saturated rings. The van der Waals surface area contributed by atoms with Crippen LogP contribution in [0.3, 0.4) is 0 Å². The van der Waals surface area contributed by atoms with E-state index in [0.29, 0.717) is 0 Å². The summed E-state index contributed by atoms with van der Waals surface area (Å²) < 4.78 is 8.53. The molecule has 2 heterocycles. The van der Waals surface area contributed by atoms with Gasteiger partial charge in [0.05, 0.1) is 10.8 Å². The zero-order valence-corrected chi connectivity index (χ0v) is 15.1. The Morgan fingerprint density at radius 2 is 1.46 bits per heavy atom. The van der Waals surface area contributed by atoms with Crippen molar-refractivity contribution in [3.05, 3.63) is 71.5 Å². The normalized spacial score (nSPS) is 21.6. The van der Waals surface area contributed by atoms with Crippen LogP contribution in [0.15, 0.2) is 60.4 Å². The van der Waals surface area contributed by atoms with E-state index in [1.54, 1.807) is 0 Å². The number of fused-ring (bicyclic) bond motifs is 2. The number of hydrogen-bond acceptors (Lipinski definition) is 1. The molecule has 2 aliphatic heterocycles. The minimum absolute atomic E-state index is 0.0352. The number of hydrogen-bond donors (Lipinski definition) is 0. The Morgan fingerprint density at radius 1 is 0.833 bits per heavy atom. The van der Waals surface area contributed by atoms with E-state index in [-0.39, 0.29) is 10.8 Å². The van der Waals surface area contributed by atoms with E-state index in [9.17, 15) is 0 Å². The summed E-state index contributed by atoms with van der Waals surface area (Å²) in [5.41, 5.74) is 5.03. The van der Waals surface area contributed by atoms with Crippen molar-refractivity contribution in [2.75, 3.05) is 7.05 Å². The molecule has 0 saturated carbocycles. The lowest BCUT2D eigenvalue weighted by molar-refractivity contribution is -0.401. The third-order valence-corrected chi connectivity index (χ3v) is 5.60. The molecule has 0 saturated heterocycles. The second kappa shape index (κ2) is 4.83. The fourth-order valence-corrected chi connectivity index (χ4v) is 4.04. The first-order valence-corrected chi connectivity index (χ1v) is 8.53. The summed E-state index contributed by atoms with van der Waals surface area (Å²) in [4.78, 5) is 0. The highest BCUT2D eigenvalue weighted by Gasteiger charge is 2.45. The van der Waals surface area contributed by atoms with E-state index in [2.05, 4.69) is 87.9 Å². The van der Waals surface area contributed by atoms with Crippen LogP contribution in [0, 0.1) is 0 Å². The predicted octanol–water partition coefficient (Wildman–Crippen LogP) is 4.95. The van der Waals surface area contributed by atoms with Gasteiger partial charge in [0.1, 0.15) is 18.6 Å². The van der Waals surface area contributed by atoms with Crippen LogP contribution in [0.2, 0.25) is 0 Å². The van der Waals surface area contributed by atoms with Gasteiger partial charge in [0.25, 0.3) is 0 Å². The van der Waals surface area contributed by atoms with Crippen molar-refractivity contribution in [1.82, 2.24) is 0 Å². The van der Waals surface area contributed by atoms with Crippen molar-refractivity contribution in [3.63, 3.8) is 0 Å². The highest BCUT2D eigenvalue weighted by atomic mass is 16.5. The van der Waals surface area contributed by atoms with Gasteiger partial charge in [-0.2, -0.15) is 4.58 Å². The van der Waals surface area contributed by atoms with E-state index in [1.165, 1.54) is 22.5 Å². The zero-order chi connectivity index (χ0) is 17.1. The molecule has 2 heteroatoms. The van der Waals surface area contributed by atoms with Gasteiger partial charge in [-0.05, 0) is 33.8 Å². The first-order valence-electron chi connectivity index (χ1n) is 8.53. The summed E-state index contributed by atoms with van der Waals surface area (Å²) in [6, 6.07) is 17.0. The molecule has 0 bridgehead atoms. The molecule has 4 rings (SSSR count). The van der Waals surface area contributed by atoms with E-state index >= 15 is 0 Å². The number of rotatable bonds is 1. The van der Waals surface area contributed by atoms with Crippen LogP contribution in [0.1, 0.15) is 38.8 Å². The van der Waals surface area contributed by atoms with Crippen LogP contribution in [-0.2, 0) is 10.8 Å². The molecule has 2 aromatic rings. The summed E-state index contributed by atoms with van der Waals surface area (Å²) in [6.07, 6.45) is 2.25. The Kier molecular flexibility index (Phi) is 3.05. The second-order valence-corrected chi connectivity index (χ2v) is 7.82. The predicted molar refractivity (Wildman–Crippen MR) is 98.5 cm³/mol. The van der Waals surface area contributed by atoms with Gasteiger partial charge in [0, 0.05) is 23.3 Å². The molecule has 0 radical (unpaired) electrons. The first kappa shape index (κ1) is 15.2. The van der Waals surface area contributed by atoms with Crippen molar-refractivity contribution in [3.8, 4) is 5.75 Å². The first-order chi connectivity index (χ1) is 11.3. The van der Waals surface area contributed by atoms with Gasteiger partial charge in [-0.25, -0.2) is 0 Å². The molecule has 0 unspecified atom stereocenters. The molecule has 2 nitrogen and oxygen atoms in total. The van der Waals surface area contributed by atoms with Gasteiger partial charge in [0.2, 0.25) is 5.69 Å². The number of ether oxygens (including phenoxy) is 1. The lowest BCUT2D eigenvalue weighted by atomic mass is 9.79. The summed E-state index contributed by atoms with van der Waals surface area (Å²) in [7, 11) is 2.15. The monoisotopic (exact) mass is 318 g/mol.